The summed E-state index contributed by atoms with van der Waals surface area (Å²) in [6, 6.07) is 10.6. The molecule has 110 valence electrons. The number of sulfone groups is 1. The highest BCUT2D eigenvalue weighted by molar-refractivity contribution is 7.90. The molecule has 0 amide bonds. The van der Waals surface area contributed by atoms with E-state index in [1.807, 2.05) is 0 Å². The van der Waals surface area contributed by atoms with Crippen molar-refractivity contribution in [1.82, 2.24) is 0 Å². The number of benzene rings is 2. The number of hydrogen-bond donors (Lipinski definition) is 1. The van der Waals surface area contributed by atoms with Crippen LogP contribution in [0.5, 0.6) is 0 Å². The predicted molar refractivity (Wildman–Crippen MR) is 80.5 cm³/mol. The van der Waals surface area contributed by atoms with Crippen LogP contribution in [0.1, 0.15) is 21.5 Å². The Bertz CT molecular complexity index is 780. The lowest BCUT2D eigenvalue weighted by Gasteiger charge is -2.07. The van der Waals surface area contributed by atoms with Crippen molar-refractivity contribution < 1.29 is 18.3 Å². The third-order valence-corrected chi connectivity index (χ3v) is 5.01. The maximum atomic E-state index is 12.3. The molecule has 0 heterocycles. The fourth-order valence-electron chi connectivity index (χ4n) is 1.91. The van der Waals surface area contributed by atoms with Gasteiger partial charge >= 0.3 is 5.97 Å². The van der Waals surface area contributed by atoms with E-state index >= 15 is 0 Å². The largest absolute Gasteiger partial charge is 0.478 e. The Kier molecular flexibility index (Phi) is 4.34. The molecule has 0 aliphatic carbocycles. The van der Waals surface area contributed by atoms with Gasteiger partial charge < -0.3 is 5.11 Å². The molecule has 0 saturated carbocycles. The van der Waals surface area contributed by atoms with Crippen molar-refractivity contribution in [3.8, 4) is 0 Å². The van der Waals surface area contributed by atoms with Crippen molar-refractivity contribution >= 4 is 27.4 Å². The van der Waals surface area contributed by atoms with Crippen LogP contribution in [-0.4, -0.2) is 19.5 Å². The molecule has 0 bridgehead atoms. The monoisotopic (exact) mass is 324 g/mol. The summed E-state index contributed by atoms with van der Waals surface area (Å²) in [4.78, 5) is 11.1. The number of halogens is 1. The number of carboxylic acid groups (broad SMARTS) is 1. The Labute approximate surface area is 127 Å². The summed E-state index contributed by atoms with van der Waals surface area (Å²) in [6.45, 7) is 1.62. The van der Waals surface area contributed by atoms with Crippen molar-refractivity contribution in [3.63, 3.8) is 0 Å². The van der Waals surface area contributed by atoms with E-state index in [0.717, 1.165) is 0 Å². The fourth-order valence-corrected chi connectivity index (χ4v) is 3.41. The highest BCUT2D eigenvalue weighted by Gasteiger charge is 2.18. The molecule has 0 radical (unpaired) electrons. The van der Waals surface area contributed by atoms with Crippen LogP contribution >= 0.6 is 11.6 Å². The second-order valence-corrected chi connectivity index (χ2v) is 7.09. The van der Waals surface area contributed by atoms with Crippen LogP contribution in [0, 0.1) is 6.92 Å². The average Bonchev–Trinajstić information content (AvgIpc) is 2.41. The first-order valence-electron chi connectivity index (χ1n) is 6.11. The molecule has 2 aromatic rings. The van der Waals surface area contributed by atoms with E-state index in [1.165, 1.54) is 18.2 Å². The topological polar surface area (TPSA) is 71.4 Å². The van der Waals surface area contributed by atoms with E-state index in [2.05, 4.69) is 0 Å². The molecule has 0 aliphatic heterocycles. The van der Waals surface area contributed by atoms with Crippen LogP contribution in [0.25, 0.3) is 0 Å². The van der Waals surface area contributed by atoms with Gasteiger partial charge in [0.25, 0.3) is 0 Å². The molecule has 0 unspecified atom stereocenters. The average molecular weight is 325 g/mol. The van der Waals surface area contributed by atoms with E-state index in [0.29, 0.717) is 16.1 Å². The van der Waals surface area contributed by atoms with Crippen LogP contribution in [-0.2, 0) is 15.6 Å². The highest BCUT2D eigenvalue weighted by Crippen LogP contribution is 2.21. The zero-order chi connectivity index (χ0) is 15.6. The standard InChI is InChI=1S/C15H13ClO4S/c1-10-2-7-13(8-14(10)15(17)18)21(19,20)9-11-3-5-12(16)6-4-11/h2-8H,9H2,1H3,(H,17,18). The normalized spacial score (nSPS) is 11.3. The first-order valence-corrected chi connectivity index (χ1v) is 8.14. The van der Waals surface area contributed by atoms with E-state index in [4.69, 9.17) is 16.7 Å². The third-order valence-electron chi connectivity index (χ3n) is 3.07. The van der Waals surface area contributed by atoms with Crippen molar-refractivity contribution in [3.05, 3.63) is 64.2 Å². The minimum absolute atomic E-state index is 0.000417. The number of aromatic carboxylic acids is 1. The van der Waals surface area contributed by atoms with Crippen molar-refractivity contribution in [2.75, 3.05) is 0 Å². The summed E-state index contributed by atoms with van der Waals surface area (Å²) in [5.41, 5.74) is 1.11. The maximum absolute atomic E-state index is 12.3. The van der Waals surface area contributed by atoms with Gasteiger partial charge in [-0.25, -0.2) is 13.2 Å². The Hall–Kier alpha value is -1.85. The van der Waals surface area contributed by atoms with Gasteiger partial charge in [0.05, 0.1) is 16.2 Å². The first-order chi connectivity index (χ1) is 9.79. The highest BCUT2D eigenvalue weighted by atomic mass is 35.5. The lowest BCUT2D eigenvalue weighted by atomic mass is 10.1. The number of carboxylic acids is 1. The molecule has 0 aromatic heterocycles. The Morgan fingerprint density at radius 2 is 1.76 bits per heavy atom. The molecule has 0 fully saturated rings. The molecule has 0 atom stereocenters. The van der Waals surface area contributed by atoms with Gasteiger partial charge in [0, 0.05) is 5.02 Å². The SMILES string of the molecule is Cc1ccc(S(=O)(=O)Cc2ccc(Cl)cc2)cc1C(=O)O. The summed E-state index contributed by atoms with van der Waals surface area (Å²) >= 11 is 5.76. The second-order valence-electron chi connectivity index (χ2n) is 4.67. The molecule has 21 heavy (non-hydrogen) atoms. The van der Waals surface area contributed by atoms with E-state index in [1.54, 1.807) is 31.2 Å². The summed E-state index contributed by atoms with van der Waals surface area (Å²) in [5.74, 6) is -1.34. The van der Waals surface area contributed by atoms with Gasteiger partial charge in [-0.1, -0.05) is 29.8 Å². The zero-order valence-corrected chi connectivity index (χ0v) is 12.8. The van der Waals surface area contributed by atoms with E-state index in [9.17, 15) is 13.2 Å². The Morgan fingerprint density at radius 3 is 2.33 bits per heavy atom. The molecule has 0 aliphatic rings. The summed E-state index contributed by atoms with van der Waals surface area (Å²) in [7, 11) is -3.61. The van der Waals surface area contributed by atoms with Crippen molar-refractivity contribution in [2.24, 2.45) is 0 Å². The van der Waals surface area contributed by atoms with Crippen molar-refractivity contribution in [1.29, 1.82) is 0 Å². The molecule has 0 spiro atoms. The van der Waals surface area contributed by atoms with Gasteiger partial charge in [-0.3, -0.25) is 0 Å². The molecule has 4 nitrogen and oxygen atoms in total. The molecule has 6 heteroatoms. The number of aryl methyl sites for hydroxylation is 1. The van der Waals surface area contributed by atoms with Crippen LogP contribution in [0.3, 0.4) is 0 Å². The van der Waals surface area contributed by atoms with Gasteiger partial charge in [0.15, 0.2) is 9.84 Å². The number of rotatable bonds is 4. The minimum Gasteiger partial charge on any atom is -0.478 e. The lowest BCUT2D eigenvalue weighted by Crippen LogP contribution is -2.08. The molecule has 1 N–H and O–H groups in total. The Balaban J connectivity index is 2.38. The van der Waals surface area contributed by atoms with Crippen molar-refractivity contribution in [2.45, 2.75) is 17.6 Å². The summed E-state index contributed by atoms with van der Waals surface area (Å²) in [5, 5.41) is 9.59. The van der Waals surface area contributed by atoms with Crippen LogP contribution in [0.15, 0.2) is 47.4 Å². The second kappa shape index (κ2) is 5.87. The minimum atomic E-state index is -3.61. The van der Waals surface area contributed by atoms with Gasteiger partial charge in [-0.05, 0) is 42.3 Å². The molecule has 2 aromatic carbocycles. The molecule has 2 rings (SSSR count). The zero-order valence-electron chi connectivity index (χ0n) is 11.2. The summed E-state index contributed by atoms with van der Waals surface area (Å²) in [6.07, 6.45) is 0. The van der Waals surface area contributed by atoms with E-state index < -0.39 is 15.8 Å². The van der Waals surface area contributed by atoms with Gasteiger partial charge in [0.2, 0.25) is 0 Å². The molecular weight excluding hydrogens is 312 g/mol. The molecular formula is C15H13ClO4S. The lowest BCUT2D eigenvalue weighted by molar-refractivity contribution is 0.0696. The summed E-state index contributed by atoms with van der Waals surface area (Å²) < 4.78 is 24.7. The smallest absolute Gasteiger partial charge is 0.335 e. The number of hydrogen-bond acceptors (Lipinski definition) is 3. The van der Waals surface area contributed by atoms with Gasteiger partial charge in [-0.2, -0.15) is 0 Å². The predicted octanol–water partition coefficient (Wildman–Crippen LogP) is 3.32. The third kappa shape index (κ3) is 3.62. The van der Waals surface area contributed by atoms with Crippen LogP contribution in [0.4, 0.5) is 0 Å². The fraction of sp³-hybridized carbons (Fsp3) is 0.133. The molecule has 0 saturated heterocycles. The maximum Gasteiger partial charge on any atom is 0.335 e. The van der Waals surface area contributed by atoms with Gasteiger partial charge in [-0.15, -0.1) is 0 Å². The number of carbonyl (C=O) groups is 1. The van der Waals surface area contributed by atoms with Crippen LogP contribution < -0.4 is 0 Å². The first kappa shape index (κ1) is 15.5. The van der Waals surface area contributed by atoms with Crippen LogP contribution in [0.2, 0.25) is 5.02 Å². The quantitative estimate of drug-likeness (QED) is 0.936. The van der Waals surface area contributed by atoms with Gasteiger partial charge in [0.1, 0.15) is 0 Å². The van der Waals surface area contributed by atoms with E-state index in [-0.39, 0.29) is 16.2 Å². The Morgan fingerprint density at radius 1 is 1.14 bits per heavy atom.